The number of carboxylic acids is 1. The molecule has 0 saturated heterocycles. The predicted molar refractivity (Wildman–Crippen MR) is 46.8 cm³/mol. The molecular formula is C8H5NO3S. The molecule has 13 heavy (non-hydrogen) atoms. The summed E-state index contributed by atoms with van der Waals surface area (Å²) in [5.41, 5.74) is 0.664. The van der Waals surface area contributed by atoms with Crippen molar-refractivity contribution in [2.45, 2.75) is 0 Å². The number of carboxylic acid groups (broad SMARTS) is 1. The van der Waals surface area contributed by atoms with Crippen molar-refractivity contribution in [3.8, 4) is 10.6 Å². The molecule has 66 valence electrons. The van der Waals surface area contributed by atoms with E-state index in [2.05, 4.69) is 4.98 Å². The minimum atomic E-state index is -0.917. The van der Waals surface area contributed by atoms with E-state index in [0.29, 0.717) is 10.6 Å². The number of hydrogen-bond donors (Lipinski definition) is 1. The molecule has 1 N–H and O–H groups in total. The van der Waals surface area contributed by atoms with Gasteiger partial charge in [0.15, 0.2) is 6.39 Å². The van der Waals surface area contributed by atoms with E-state index in [4.69, 9.17) is 9.52 Å². The van der Waals surface area contributed by atoms with Crippen LogP contribution in [0.2, 0.25) is 0 Å². The number of rotatable bonds is 2. The van der Waals surface area contributed by atoms with E-state index >= 15 is 0 Å². The van der Waals surface area contributed by atoms with Crippen molar-refractivity contribution in [2.24, 2.45) is 0 Å². The lowest BCUT2D eigenvalue weighted by molar-refractivity contribution is 0.0702. The fourth-order valence-electron chi connectivity index (χ4n) is 0.925. The summed E-state index contributed by atoms with van der Waals surface area (Å²) in [6, 6.07) is 3.27. The second-order valence-corrected chi connectivity index (χ2v) is 3.43. The molecule has 4 nitrogen and oxygen atoms in total. The van der Waals surface area contributed by atoms with Crippen LogP contribution in [0.25, 0.3) is 10.6 Å². The summed E-state index contributed by atoms with van der Waals surface area (Å²) in [7, 11) is 0. The van der Waals surface area contributed by atoms with Crippen LogP contribution in [0.15, 0.2) is 29.2 Å². The van der Waals surface area contributed by atoms with Gasteiger partial charge in [-0.1, -0.05) is 0 Å². The second-order valence-electron chi connectivity index (χ2n) is 2.34. The molecule has 0 fully saturated rings. The van der Waals surface area contributed by atoms with E-state index in [1.807, 2.05) is 0 Å². The highest BCUT2D eigenvalue weighted by molar-refractivity contribution is 7.17. The Kier molecular flexibility index (Phi) is 1.86. The Morgan fingerprint density at radius 1 is 1.54 bits per heavy atom. The van der Waals surface area contributed by atoms with Gasteiger partial charge in [0.05, 0.1) is 4.88 Å². The first kappa shape index (κ1) is 8.00. The van der Waals surface area contributed by atoms with Gasteiger partial charge in [0.25, 0.3) is 0 Å². The molecule has 2 rings (SSSR count). The van der Waals surface area contributed by atoms with Crippen molar-refractivity contribution in [1.82, 2.24) is 4.98 Å². The molecular weight excluding hydrogens is 190 g/mol. The van der Waals surface area contributed by atoms with Gasteiger partial charge in [-0.25, -0.2) is 9.78 Å². The summed E-state index contributed by atoms with van der Waals surface area (Å²) in [5.74, 6) is -0.917. The maximum Gasteiger partial charge on any atom is 0.345 e. The lowest BCUT2D eigenvalue weighted by Crippen LogP contribution is -1.89. The highest BCUT2D eigenvalue weighted by Gasteiger charge is 2.09. The summed E-state index contributed by atoms with van der Waals surface area (Å²) < 4.78 is 4.79. The van der Waals surface area contributed by atoms with Gasteiger partial charge in [-0.3, -0.25) is 0 Å². The van der Waals surface area contributed by atoms with E-state index in [0.717, 1.165) is 4.88 Å². The molecule has 0 radical (unpaired) electrons. The largest absolute Gasteiger partial charge is 0.477 e. The van der Waals surface area contributed by atoms with Crippen LogP contribution in [-0.4, -0.2) is 16.1 Å². The fourth-order valence-corrected chi connectivity index (χ4v) is 1.73. The van der Waals surface area contributed by atoms with Crippen LogP contribution < -0.4 is 0 Å². The average molecular weight is 195 g/mol. The van der Waals surface area contributed by atoms with Gasteiger partial charge in [-0.2, -0.15) is 0 Å². The molecule has 0 amide bonds. The maximum absolute atomic E-state index is 10.6. The molecule has 0 atom stereocenters. The average Bonchev–Trinajstić information content (AvgIpc) is 2.75. The first-order chi connectivity index (χ1) is 6.27. The SMILES string of the molecule is O=C(O)c1ccc(-c2cocn2)s1. The Morgan fingerprint density at radius 2 is 2.38 bits per heavy atom. The van der Waals surface area contributed by atoms with Crippen molar-refractivity contribution in [1.29, 1.82) is 0 Å². The molecule has 2 heterocycles. The lowest BCUT2D eigenvalue weighted by Gasteiger charge is -1.85. The zero-order chi connectivity index (χ0) is 9.26. The highest BCUT2D eigenvalue weighted by atomic mass is 32.1. The van der Waals surface area contributed by atoms with E-state index in [1.54, 1.807) is 12.1 Å². The number of carbonyl (C=O) groups is 1. The lowest BCUT2D eigenvalue weighted by atomic mass is 10.4. The Hall–Kier alpha value is -1.62. The van der Waals surface area contributed by atoms with Gasteiger partial charge in [0.1, 0.15) is 16.8 Å². The summed E-state index contributed by atoms with van der Waals surface area (Å²) in [5, 5.41) is 8.66. The van der Waals surface area contributed by atoms with Crippen LogP contribution in [0.1, 0.15) is 9.67 Å². The third-order valence-electron chi connectivity index (χ3n) is 1.50. The molecule has 0 aliphatic rings. The zero-order valence-electron chi connectivity index (χ0n) is 6.43. The van der Waals surface area contributed by atoms with Crippen LogP contribution in [0.5, 0.6) is 0 Å². The third-order valence-corrected chi connectivity index (χ3v) is 2.60. The summed E-state index contributed by atoms with van der Waals surface area (Å²) >= 11 is 1.18. The Balaban J connectivity index is 2.39. The number of hydrogen-bond acceptors (Lipinski definition) is 4. The molecule has 0 aliphatic carbocycles. The molecule has 5 heteroatoms. The summed E-state index contributed by atoms with van der Waals surface area (Å²) in [6.45, 7) is 0. The molecule has 0 saturated carbocycles. The Bertz CT molecular complexity index is 418. The normalized spacial score (nSPS) is 10.2. The van der Waals surface area contributed by atoms with Crippen LogP contribution in [0, 0.1) is 0 Å². The molecule has 0 aliphatic heterocycles. The van der Waals surface area contributed by atoms with Crippen molar-refractivity contribution in [3.63, 3.8) is 0 Å². The van der Waals surface area contributed by atoms with Crippen LogP contribution in [-0.2, 0) is 0 Å². The number of oxazole rings is 1. The van der Waals surface area contributed by atoms with Crippen molar-refractivity contribution in [3.05, 3.63) is 29.7 Å². The number of aromatic nitrogens is 1. The van der Waals surface area contributed by atoms with E-state index in [-0.39, 0.29) is 0 Å². The monoisotopic (exact) mass is 195 g/mol. The van der Waals surface area contributed by atoms with Gasteiger partial charge in [0, 0.05) is 0 Å². The third kappa shape index (κ3) is 1.46. The standard InChI is InChI=1S/C8H5NO3S/c10-8(11)7-2-1-6(13-7)5-3-12-4-9-5/h1-4H,(H,10,11). The Morgan fingerprint density at radius 3 is 2.92 bits per heavy atom. The van der Waals surface area contributed by atoms with Crippen molar-refractivity contribution < 1.29 is 14.3 Å². The summed E-state index contributed by atoms with van der Waals surface area (Å²) in [4.78, 5) is 15.6. The minimum Gasteiger partial charge on any atom is -0.477 e. The smallest absolute Gasteiger partial charge is 0.345 e. The quantitative estimate of drug-likeness (QED) is 0.797. The number of thiophene rings is 1. The van der Waals surface area contributed by atoms with Gasteiger partial charge >= 0.3 is 5.97 Å². The topological polar surface area (TPSA) is 63.3 Å². The van der Waals surface area contributed by atoms with Gasteiger partial charge in [0.2, 0.25) is 0 Å². The van der Waals surface area contributed by atoms with Crippen molar-refractivity contribution in [2.75, 3.05) is 0 Å². The van der Waals surface area contributed by atoms with Gasteiger partial charge in [-0.05, 0) is 12.1 Å². The van der Waals surface area contributed by atoms with Crippen molar-refractivity contribution >= 4 is 17.3 Å². The number of nitrogens with zero attached hydrogens (tertiary/aromatic N) is 1. The van der Waals surface area contributed by atoms with E-state index in [1.165, 1.54) is 24.0 Å². The molecule has 0 unspecified atom stereocenters. The fraction of sp³-hybridized carbons (Fsp3) is 0. The van der Waals surface area contributed by atoms with Gasteiger partial charge in [-0.15, -0.1) is 11.3 Å². The number of aromatic carboxylic acids is 1. The highest BCUT2D eigenvalue weighted by Crippen LogP contribution is 2.26. The summed E-state index contributed by atoms with van der Waals surface area (Å²) in [6.07, 6.45) is 2.80. The molecule has 2 aromatic rings. The van der Waals surface area contributed by atoms with Crippen LogP contribution in [0.4, 0.5) is 0 Å². The molecule has 2 aromatic heterocycles. The molecule has 0 spiro atoms. The van der Waals surface area contributed by atoms with Crippen LogP contribution in [0.3, 0.4) is 0 Å². The van der Waals surface area contributed by atoms with Gasteiger partial charge < -0.3 is 9.52 Å². The van der Waals surface area contributed by atoms with Crippen LogP contribution >= 0.6 is 11.3 Å². The Labute approximate surface area is 77.5 Å². The maximum atomic E-state index is 10.6. The second kappa shape index (κ2) is 3.02. The zero-order valence-corrected chi connectivity index (χ0v) is 7.25. The predicted octanol–water partition coefficient (Wildman–Crippen LogP) is 2.10. The molecule has 0 aromatic carbocycles. The van der Waals surface area contributed by atoms with E-state index < -0.39 is 5.97 Å². The minimum absolute atomic E-state index is 0.304. The first-order valence-electron chi connectivity index (χ1n) is 3.49. The first-order valence-corrected chi connectivity index (χ1v) is 4.31. The molecule has 0 bridgehead atoms. The van der Waals surface area contributed by atoms with E-state index in [9.17, 15) is 4.79 Å².